The fourth-order valence-electron chi connectivity index (χ4n) is 2.61. The van der Waals surface area contributed by atoms with Crippen LogP contribution < -0.4 is 0 Å². The SMILES string of the molecule is CC(C)(C)OC(=O)N1CCOC[C@@]2(CC[C@H](CI)O2)C1. The van der Waals surface area contributed by atoms with E-state index in [0.29, 0.717) is 26.3 Å². The predicted octanol–water partition coefficient (Wildman–Crippen LogP) is 2.61. The van der Waals surface area contributed by atoms with Crippen LogP contribution in [0.15, 0.2) is 0 Å². The van der Waals surface area contributed by atoms with Crippen molar-refractivity contribution >= 4 is 28.7 Å². The monoisotopic (exact) mass is 397 g/mol. The van der Waals surface area contributed by atoms with E-state index in [4.69, 9.17) is 14.2 Å². The quantitative estimate of drug-likeness (QED) is 0.504. The van der Waals surface area contributed by atoms with Crippen LogP contribution in [0.1, 0.15) is 33.6 Å². The van der Waals surface area contributed by atoms with Gasteiger partial charge in [0.15, 0.2) is 0 Å². The molecule has 1 spiro atoms. The second-order valence-corrected chi connectivity index (χ2v) is 7.45. The lowest BCUT2D eigenvalue weighted by molar-refractivity contribution is -0.0796. The maximum absolute atomic E-state index is 12.2. The normalized spacial score (nSPS) is 31.4. The predicted molar refractivity (Wildman–Crippen MR) is 84.4 cm³/mol. The van der Waals surface area contributed by atoms with Gasteiger partial charge >= 0.3 is 6.09 Å². The van der Waals surface area contributed by atoms with Crippen molar-refractivity contribution in [3.63, 3.8) is 0 Å². The Morgan fingerprint density at radius 1 is 1.50 bits per heavy atom. The van der Waals surface area contributed by atoms with E-state index in [1.54, 1.807) is 4.90 Å². The minimum atomic E-state index is -0.474. The molecule has 2 heterocycles. The lowest BCUT2D eigenvalue weighted by atomic mass is 10.0. The molecular weight excluding hydrogens is 373 g/mol. The van der Waals surface area contributed by atoms with E-state index in [0.717, 1.165) is 17.3 Å². The van der Waals surface area contributed by atoms with E-state index in [2.05, 4.69) is 22.6 Å². The number of carbonyl (C=O) groups is 1. The maximum atomic E-state index is 12.2. The summed E-state index contributed by atoms with van der Waals surface area (Å²) in [4.78, 5) is 14.0. The third-order valence-electron chi connectivity index (χ3n) is 3.51. The number of halogens is 1. The second-order valence-electron chi connectivity index (χ2n) is 6.57. The Balaban J connectivity index is 2.02. The first-order chi connectivity index (χ1) is 9.34. The molecule has 2 aliphatic heterocycles. The van der Waals surface area contributed by atoms with E-state index in [9.17, 15) is 4.79 Å². The van der Waals surface area contributed by atoms with Gasteiger partial charge in [-0.05, 0) is 33.6 Å². The van der Waals surface area contributed by atoms with Gasteiger partial charge in [0.05, 0.1) is 25.9 Å². The summed E-state index contributed by atoms with van der Waals surface area (Å²) in [6.45, 7) is 7.89. The number of ether oxygens (including phenoxy) is 3. The molecule has 2 atom stereocenters. The van der Waals surface area contributed by atoms with Gasteiger partial charge in [-0.15, -0.1) is 0 Å². The van der Waals surface area contributed by atoms with Crippen LogP contribution in [-0.2, 0) is 14.2 Å². The third-order valence-corrected chi connectivity index (χ3v) is 4.49. The van der Waals surface area contributed by atoms with Gasteiger partial charge in [-0.3, -0.25) is 0 Å². The Bertz CT molecular complexity index is 358. The van der Waals surface area contributed by atoms with Crippen LogP contribution in [-0.4, -0.2) is 59.0 Å². The smallest absolute Gasteiger partial charge is 0.410 e. The van der Waals surface area contributed by atoms with Gasteiger partial charge in [0.25, 0.3) is 0 Å². The highest BCUT2D eigenvalue weighted by Crippen LogP contribution is 2.34. The zero-order chi connectivity index (χ0) is 14.8. The fourth-order valence-corrected chi connectivity index (χ4v) is 3.23. The summed E-state index contributed by atoms with van der Waals surface area (Å²) in [6, 6.07) is 0. The van der Waals surface area contributed by atoms with Gasteiger partial charge in [0, 0.05) is 11.0 Å². The molecule has 2 fully saturated rings. The van der Waals surface area contributed by atoms with Gasteiger partial charge in [-0.25, -0.2) is 4.79 Å². The van der Waals surface area contributed by atoms with Crippen molar-refractivity contribution in [2.45, 2.75) is 50.9 Å². The maximum Gasteiger partial charge on any atom is 0.410 e. The standard InChI is InChI=1S/C14H24INO4/c1-13(2,3)20-12(17)16-6-7-18-10-14(9-16)5-4-11(8-15)19-14/h11H,4-10H2,1-3H3/t11-,14-/m1/s1. The highest BCUT2D eigenvalue weighted by molar-refractivity contribution is 14.1. The third kappa shape index (κ3) is 4.21. The van der Waals surface area contributed by atoms with E-state index in [1.807, 2.05) is 20.8 Å². The molecule has 0 aromatic rings. The summed E-state index contributed by atoms with van der Waals surface area (Å²) in [6.07, 6.45) is 1.98. The highest BCUT2D eigenvalue weighted by atomic mass is 127. The number of rotatable bonds is 1. The summed E-state index contributed by atoms with van der Waals surface area (Å²) in [5.41, 5.74) is -0.818. The first-order valence-corrected chi connectivity index (χ1v) is 8.66. The second kappa shape index (κ2) is 6.36. The van der Waals surface area contributed by atoms with Crippen LogP contribution >= 0.6 is 22.6 Å². The van der Waals surface area contributed by atoms with Crippen molar-refractivity contribution in [2.75, 3.05) is 30.7 Å². The Morgan fingerprint density at radius 3 is 2.85 bits per heavy atom. The molecule has 0 N–H and O–H groups in total. The van der Waals surface area contributed by atoms with Gasteiger partial charge in [-0.1, -0.05) is 22.6 Å². The molecule has 2 aliphatic rings. The molecule has 20 heavy (non-hydrogen) atoms. The van der Waals surface area contributed by atoms with Crippen molar-refractivity contribution < 1.29 is 19.0 Å². The molecule has 0 bridgehead atoms. The van der Waals surface area contributed by atoms with Crippen molar-refractivity contribution in [3.05, 3.63) is 0 Å². The minimum absolute atomic E-state index is 0.274. The molecule has 0 radical (unpaired) electrons. The molecule has 5 nitrogen and oxygen atoms in total. The first kappa shape index (κ1) is 16.3. The Labute approximate surface area is 134 Å². The van der Waals surface area contributed by atoms with E-state index in [-0.39, 0.29) is 17.8 Å². The van der Waals surface area contributed by atoms with Crippen molar-refractivity contribution in [2.24, 2.45) is 0 Å². The number of alkyl halides is 1. The molecule has 0 aromatic carbocycles. The van der Waals surface area contributed by atoms with E-state index in [1.165, 1.54) is 0 Å². The average molecular weight is 397 g/mol. The number of amides is 1. The number of nitrogens with zero attached hydrogens (tertiary/aromatic N) is 1. The molecule has 116 valence electrons. The largest absolute Gasteiger partial charge is 0.444 e. The molecule has 1 amide bonds. The topological polar surface area (TPSA) is 48.0 Å². The van der Waals surface area contributed by atoms with Gasteiger partial charge in [0.1, 0.15) is 11.2 Å². The van der Waals surface area contributed by atoms with Crippen LogP contribution in [0.2, 0.25) is 0 Å². The van der Waals surface area contributed by atoms with Crippen molar-refractivity contribution in [1.82, 2.24) is 4.90 Å². The fraction of sp³-hybridized carbons (Fsp3) is 0.929. The zero-order valence-corrected chi connectivity index (χ0v) is 14.6. The summed E-state index contributed by atoms with van der Waals surface area (Å²) in [5.74, 6) is 0. The first-order valence-electron chi connectivity index (χ1n) is 7.13. The minimum Gasteiger partial charge on any atom is -0.444 e. The summed E-state index contributed by atoms with van der Waals surface area (Å²) < 4.78 is 18.2. The molecule has 0 aliphatic carbocycles. The molecule has 6 heteroatoms. The van der Waals surface area contributed by atoms with E-state index < -0.39 is 5.60 Å². The number of hydrogen-bond donors (Lipinski definition) is 0. The summed E-state index contributed by atoms with van der Waals surface area (Å²) in [5, 5.41) is 0. The van der Waals surface area contributed by atoms with Crippen LogP contribution in [0.3, 0.4) is 0 Å². The molecule has 0 saturated carbocycles. The number of hydrogen-bond acceptors (Lipinski definition) is 4. The zero-order valence-electron chi connectivity index (χ0n) is 12.5. The molecule has 2 saturated heterocycles. The highest BCUT2D eigenvalue weighted by Gasteiger charge is 2.44. The van der Waals surface area contributed by atoms with E-state index >= 15 is 0 Å². The molecular formula is C14H24INO4. The Kier molecular flexibility index (Phi) is 5.18. The van der Waals surface area contributed by atoms with Crippen LogP contribution in [0, 0.1) is 0 Å². The lowest BCUT2D eigenvalue weighted by Crippen LogP contribution is -2.48. The summed E-state index contributed by atoms with van der Waals surface area (Å²) in [7, 11) is 0. The van der Waals surface area contributed by atoms with Gasteiger partial charge in [0.2, 0.25) is 0 Å². The molecule has 0 aromatic heterocycles. The average Bonchev–Trinajstić information content (AvgIpc) is 2.61. The number of carbonyl (C=O) groups excluding carboxylic acids is 1. The molecule has 2 rings (SSSR count). The van der Waals surface area contributed by atoms with Crippen LogP contribution in [0.4, 0.5) is 4.79 Å². The van der Waals surface area contributed by atoms with Crippen LogP contribution in [0.5, 0.6) is 0 Å². The van der Waals surface area contributed by atoms with Gasteiger partial charge in [-0.2, -0.15) is 0 Å². The van der Waals surface area contributed by atoms with Crippen LogP contribution in [0.25, 0.3) is 0 Å². The van der Waals surface area contributed by atoms with Crippen molar-refractivity contribution in [3.8, 4) is 0 Å². The Morgan fingerprint density at radius 2 is 2.25 bits per heavy atom. The van der Waals surface area contributed by atoms with Crippen molar-refractivity contribution in [1.29, 1.82) is 0 Å². The lowest BCUT2D eigenvalue weighted by Gasteiger charge is -2.32. The van der Waals surface area contributed by atoms with Gasteiger partial charge < -0.3 is 19.1 Å². The Hall–Kier alpha value is -0.0800. The molecule has 0 unspecified atom stereocenters. The summed E-state index contributed by atoms with van der Waals surface area (Å²) >= 11 is 2.34.